The van der Waals surface area contributed by atoms with E-state index in [0.29, 0.717) is 6.04 Å². The number of amides is 1. The molecule has 0 saturated carbocycles. The molecule has 4 heteroatoms. The maximum absolute atomic E-state index is 11.7. The first-order chi connectivity index (χ1) is 8.94. The number of nitrogens with one attached hydrogen (secondary N) is 2. The zero-order valence-corrected chi connectivity index (χ0v) is 11.8. The van der Waals surface area contributed by atoms with Crippen molar-refractivity contribution < 1.29 is 9.53 Å². The molecule has 2 atom stereocenters. The summed E-state index contributed by atoms with van der Waals surface area (Å²) in [6, 6.07) is 10.7. The van der Waals surface area contributed by atoms with E-state index in [9.17, 15) is 4.79 Å². The highest BCUT2D eigenvalue weighted by Gasteiger charge is 2.27. The molecule has 2 N–H and O–H groups in total. The second-order valence-corrected chi connectivity index (χ2v) is 5.95. The van der Waals surface area contributed by atoms with Crippen molar-refractivity contribution >= 4 is 6.09 Å². The van der Waals surface area contributed by atoms with Crippen molar-refractivity contribution in [2.45, 2.75) is 44.9 Å². The Morgan fingerprint density at radius 3 is 2.63 bits per heavy atom. The minimum absolute atomic E-state index is 0.125. The lowest BCUT2D eigenvalue weighted by Gasteiger charge is -2.21. The van der Waals surface area contributed by atoms with Crippen molar-refractivity contribution in [3.8, 4) is 0 Å². The predicted molar refractivity (Wildman–Crippen MR) is 75.0 cm³/mol. The van der Waals surface area contributed by atoms with Crippen molar-refractivity contribution in [2.75, 3.05) is 6.54 Å². The van der Waals surface area contributed by atoms with Gasteiger partial charge in [-0.3, -0.25) is 0 Å². The van der Waals surface area contributed by atoms with Gasteiger partial charge in [0, 0.05) is 18.6 Å². The van der Waals surface area contributed by atoms with Crippen LogP contribution in [0.1, 0.15) is 38.8 Å². The number of carbonyl (C=O) groups excluding carboxylic acids is 1. The molecule has 4 nitrogen and oxygen atoms in total. The topological polar surface area (TPSA) is 50.4 Å². The van der Waals surface area contributed by atoms with Gasteiger partial charge in [-0.15, -0.1) is 0 Å². The van der Waals surface area contributed by atoms with Crippen LogP contribution in [0.25, 0.3) is 0 Å². The summed E-state index contributed by atoms with van der Waals surface area (Å²) in [5.74, 6) is 0. The summed E-state index contributed by atoms with van der Waals surface area (Å²) in [4.78, 5) is 11.7. The van der Waals surface area contributed by atoms with Gasteiger partial charge in [-0.2, -0.15) is 0 Å². The van der Waals surface area contributed by atoms with E-state index in [-0.39, 0.29) is 12.1 Å². The Morgan fingerprint density at radius 1 is 1.32 bits per heavy atom. The van der Waals surface area contributed by atoms with Crippen molar-refractivity contribution in [1.29, 1.82) is 0 Å². The highest BCUT2D eigenvalue weighted by molar-refractivity contribution is 5.68. The largest absolute Gasteiger partial charge is 0.444 e. The molecule has 1 aliphatic rings. The van der Waals surface area contributed by atoms with Crippen LogP contribution in [0.2, 0.25) is 0 Å². The molecule has 1 aromatic rings. The first-order valence-electron chi connectivity index (χ1n) is 6.72. The maximum atomic E-state index is 11.7. The molecule has 0 spiro atoms. The molecule has 1 saturated heterocycles. The molecule has 0 radical (unpaired) electrons. The van der Waals surface area contributed by atoms with Gasteiger partial charge in [0.15, 0.2) is 0 Å². The van der Waals surface area contributed by atoms with E-state index in [4.69, 9.17) is 4.74 Å². The van der Waals surface area contributed by atoms with E-state index >= 15 is 0 Å². The Balaban J connectivity index is 1.84. The molecule has 1 amide bonds. The minimum atomic E-state index is -0.449. The van der Waals surface area contributed by atoms with Crippen LogP contribution in [0.15, 0.2) is 30.3 Å². The molecule has 0 bridgehead atoms. The maximum Gasteiger partial charge on any atom is 0.407 e. The Bertz CT molecular complexity index is 426. The molecule has 1 aliphatic heterocycles. The molecule has 1 aromatic carbocycles. The van der Waals surface area contributed by atoms with E-state index in [0.717, 1.165) is 13.0 Å². The number of alkyl carbamates (subject to hydrolysis) is 1. The normalized spacial score (nSPS) is 23.1. The summed E-state index contributed by atoms with van der Waals surface area (Å²) in [7, 11) is 0. The number of hydrogen-bond donors (Lipinski definition) is 2. The third kappa shape index (κ3) is 4.24. The Kier molecular flexibility index (Phi) is 4.10. The molecule has 0 unspecified atom stereocenters. The Labute approximate surface area is 114 Å². The average molecular weight is 262 g/mol. The molecule has 2 rings (SSSR count). The van der Waals surface area contributed by atoms with Gasteiger partial charge < -0.3 is 15.4 Å². The quantitative estimate of drug-likeness (QED) is 0.861. The summed E-state index contributed by atoms with van der Waals surface area (Å²) in [6.45, 7) is 6.38. The molecule has 1 heterocycles. The minimum Gasteiger partial charge on any atom is -0.444 e. The fourth-order valence-electron chi connectivity index (χ4n) is 2.26. The number of benzene rings is 1. The van der Waals surface area contributed by atoms with Crippen LogP contribution < -0.4 is 10.6 Å². The number of rotatable bonds is 2. The molecular formula is C15H22N2O2. The zero-order chi connectivity index (χ0) is 13.9. The van der Waals surface area contributed by atoms with Crippen LogP contribution in [0.5, 0.6) is 0 Å². The fourth-order valence-corrected chi connectivity index (χ4v) is 2.26. The second kappa shape index (κ2) is 5.61. The highest BCUT2D eigenvalue weighted by Crippen LogP contribution is 2.23. The number of hydrogen-bond acceptors (Lipinski definition) is 3. The molecular weight excluding hydrogens is 240 g/mol. The van der Waals surface area contributed by atoms with Gasteiger partial charge in [-0.25, -0.2) is 4.79 Å². The molecule has 0 aromatic heterocycles. The first kappa shape index (κ1) is 13.9. The van der Waals surface area contributed by atoms with Crippen LogP contribution in [0, 0.1) is 0 Å². The van der Waals surface area contributed by atoms with Gasteiger partial charge in [0.2, 0.25) is 0 Å². The lowest BCUT2D eigenvalue weighted by Crippen LogP contribution is -2.40. The van der Waals surface area contributed by atoms with Crippen molar-refractivity contribution in [1.82, 2.24) is 10.6 Å². The van der Waals surface area contributed by atoms with Gasteiger partial charge in [0.05, 0.1) is 0 Å². The lowest BCUT2D eigenvalue weighted by atomic mass is 10.0. The third-order valence-corrected chi connectivity index (χ3v) is 3.05. The smallest absolute Gasteiger partial charge is 0.407 e. The molecule has 104 valence electrons. The summed E-state index contributed by atoms with van der Waals surface area (Å²) >= 11 is 0. The van der Waals surface area contributed by atoms with E-state index in [2.05, 4.69) is 22.8 Å². The summed E-state index contributed by atoms with van der Waals surface area (Å²) in [5.41, 5.74) is 0.811. The lowest BCUT2D eigenvalue weighted by molar-refractivity contribution is 0.0508. The van der Waals surface area contributed by atoms with E-state index in [1.54, 1.807) is 0 Å². The van der Waals surface area contributed by atoms with Gasteiger partial charge in [0.1, 0.15) is 5.60 Å². The monoisotopic (exact) mass is 262 g/mol. The third-order valence-electron chi connectivity index (χ3n) is 3.05. The van der Waals surface area contributed by atoms with Crippen LogP contribution in [0.4, 0.5) is 4.79 Å². The van der Waals surface area contributed by atoms with Crippen LogP contribution in [0.3, 0.4) is 0 Å². The van der Waals surface area contributed by atoms with Gasteiger partial charge >= 0.3 is 6.09 Å². The fraction of sp³-hybridized carbons (Fsp3) is 0.533. The highest BCUT2D eigenvalue weighted by atomic mass is 16.6. The predicted octanol–water partition coefficient (Wildman–Crippen LogP) is 2.61. The number of carbonyl (C=O) groups is 1. The van der Waals surface area contributed by atoms with E-state index in [1.807, 2.05) is 39.0 Å². The summed E-state index contributed by atoms with van der Waals surface area (Å²) in [6.07, 6.45) is 0.552. The standard InChI is InChI=1S/C15H22N2O2/c1-15(2,3)19-14(18)17-12-9-13(16-10-12)11-7-5-4-6-8-11/h4-8,12-13,16H,9-10H2,1-3H3,(H,17,18)/t12-,13+/m1/s1. The Hall–Kier alpha value is -1.55. The molecule has 19 heavy (non-hydrogen) atoms. The van der Waals surface area contributed by atoms with E-state index in [1.165, 1.54) is 5.56 Å². The molecule has 1 fully saturated rings. The van der Waals surface area contributed by atoms with Crippen molar-refractivity contribution in [2.24, 2.45) is 0 Å². The van der Waals surface area contributed by atoms with Crippen LogP contribution >= 0.6 is 0 Å². The first-order valence-corrected chi connectivity index (χ1v) is 6.72. The number of ether oxygens (including phenoxy) is 1. The van der Waals surface area contributed by atoms with Crippen LogP contribution in [-0.2, 0) is 4.74 Å². The summed E-state index contributed by atoms with van der Waals surface area (Å²) in [5, 5.41) is 6.33. The van der Waals surface area contributed by atoms with Gasteiger partial charge in [-0.05, 0) is 32.8 Å². The van der Waals surface area contributed by atoms with Gasteiger partial charge in [-0.1, -0.05) is 30.3 Å². The SMILES string of the molecule is CC(C)(C)OC(=O)N[C@H]1CN[C@H](c2ccccc2)C1. The Morgan fingerprint density at radius 2 is 2.00 bits per heavy atom. The van der Waals surface area contributed by atoms with E-state index < -0.39 is 5.60 Å². The van der Waals surface area contributed by atoms with Crippen molar-refractivity contribution in [3.05, 3.63) is 35.9 Å². The summed E-state index contributed by atoms with van der Waals surface area (Å²) < 4.78 is 5.26. The van der Waals surface area contributed by atoms with Crippen molar-refractivity contribution in [3.63, 3.8) is 0 Å². The second-order valence-electron chi connectivity index (χ2n) is 5.95. The molecule has 0 aliphatic carbocycles. The average Bonchev–Trinajstić information content (AvgIpc) is 2.76. The van der Waals surface area contributed by atoms with Crippen LogP contribution in [-0.4, -0.2) is 24.3 Å². The van der Waals surface area contributed by atoms with Gasteiger partial charge in [0.25, 0.3) is 0 Å². The zero-order valence-electron chi connectivity index (χ0n) is 11.8.